The van der Waals surface area contributed by atoms with Crippen molar-refractivity contribution in [1.82, 2.24) is 0 Å². The molecule has 0 saturated carbocycles. The minimum Gasteiger partial charge on any atom is -0.456 e. The van der Waals surface area contributed by atoms with Crippen molar-refractivity contribution in [3.05, 3.63) is 74.0 Å². The summed E-state index contributed by atoms with van der Waals surface area (Å²) in [7, 11) is 0. The van der Waals surface area contributed by atoms with Gasteiger partial charge >= 0.3 is 5.97 Å². The van der Waals surface area contributed by atoms with Crippen LogP contribution in [-0.4, -0.2) is 59.6 Å². The predicted octanol–water partition coefficient (Wildman–Crippen LogP) is 2.53. The molecule has 2 aliphatic heterocycles. The number of esters is 1. The van der Waals surface area contributed by atoms with Gasteiger partial charge in [-0.15, -0.1) is 6.58 Å². The normalized spacial score (nSPS) is 30.8. The van der Waals surface area contributed by atoms with Crippen molar-refractivity contribution >= 4 is 11.8 Å². The van der Waals surface area contributed by atoms with Crippen LogP contribution in [0.15, 0.2) is 55.1 Å². The number of aliphatic hydroxyl groups is 1. The van der Waals surface area contributed by atoms with Gasteiger partial charge in [0.25, 0.3) is 0 Å². The zero-order chi connectivity index (χ0) is 23.1. The highest BCUT2D eigenvalue weighted by molar-refractivity contribution is 5.95. The Bertz CT molecular complexity index is 806. The highest BCUT2D eigenvalue weighted by Crippen LogP contribution is 2.33. The lowest BCUT2D eigenvalue weighted by molar-refractivity contribution is -0.182. The van der Waals surface area contributed by atoms with E-state index >= 15 is 0 Å². The van der Waals surface area contributed by atoms with Crippen LogP contribution in [0.2, 0.25) is 0 Å². The first-order valence-electron chi connectivity index (χ1n) is 10.7. The van der Waals surface area contributed by atoms with E-state index in [1.165, 1.54) is 13.0 Å². The highest BCUT2D eigenvalue weighted by Gasteiger charge is 2.52. The Morgan fingerprint density at radius 3 is 2.66 bits per heavy atom. The van der Waals surface area contributed by atoms with Gasteiger partial charge in [0, 0.05) is 6.92 Å². The first-order valence-corrected chi connectivity index (χ1v) is 10.7. The molecule has 1 aromatic rings. The molecule has 2 aliphatic rings. The number of rotatable bonds is 10. The summed E-state index contributed by atoms with van der Waals surface area (Å²) in [5, 5.41) is 11.1. The second-order valence-electron chi connectivity index (χ2n) is 7.87. The average Bonchev–Trinajstić information content (AvgIpc) is 3.08. The number of ketones is 1. The maximum Gasteiger partial charge on any atom is 0.303 e. The van der Waals surface area contributed by atoms with Crippen molar-refractivity contribution in [2.24, 2.45) is 0 Å². The molecule has 32 heavy (non-hydrogen) atoms. The third-order valence-electron chi connectivity index (χ3n) is 5.46. The van der Waals surface area contributed by atoms with Gasteiger partial charge in [-0.3, -0.25) is 9.59 Å². The Labute approximate surface area is 189 Å². The van der Waals surface area contributed by atoms with E-state index in [1.54, 1.807) is 18.6 Å². The monoisotopic (exact) mass is 442 g/mol. The molecule has 3 rings (SSSR count). The van der Waals surface area contributed by atoms with E-state index < -0.39 is 42.6 Å². The van der Waals surface area contributed by atoms with E-state index in [0.717, 1.165) is 5.56 Å². The van der Waals surface area contributed by atoms with E-state index in [2.05, 4.69) is 13.5 Å². The third-order valence-corrected chi connectivity index (χ3v) is 5.46. The number of carbonyl (C=O) groups is 2. The molecule has 1 N–H and O–H groups in total. The first kappa shape index (κ1) is 24.3. The van der Waals surface area contributed by atoms with Gasteiger partial charge < -0.3 is 24.1 Å². The lowest BCUT2D eigenvalue weighted by Crippen LogP contribution is -2.52. The molecule has 0 bridgehead atoms. The molecule has 7 atom stereocenters. The summed E-state index contributed by atoms with van der Waals surface area (Å²) in [4.78, 5) is 24.5. The zero-order valence-corrected chi connectivity index (χ0v) is 18.2. The predicted molar refractivity (Wildman–Crippen MR) is 117 cm³/mol. The van der Waals surface area contributed by atoms with E-state index in [9.17, 15) is 14.7 Å². The number of hydrogen-bond donors (Lipinski definition) is 1. The van der Waals surface area contributed by atoms with Gasteiger partial charge in [0.2, 0.25) is 0 Å². The van der Waals surface area contributed by atoms with Gasteiger partial charge in [0.05, 0.1) is 18.8 Å². The second-order valence-corrected chi connectivity index (χ2v) is 7.87. The minimum atomic E-state index is -1.15. The molecular formula is C25H30O7. The fourth-order valence-corrected chi connectivity index (χ4v) is 3.99. The summed E-state index contributed by atoms with van der Waals surface area (Å²) in [5.41, 5.74) is 0.945. The highest BCUT2D eigenvalue weighted by atomic mass is 16.6. The molecule has 0 aliphatic carbocycles. The molecule has 0 spiro atoms. The summed E-state index contributed by atoms with van der Waals surface area (Å²) in [6.45, 7) is 8.96. The van der Waals surface area contributed by atoms with Crippen LogP contribution in [0.4, 0.5) is 0 Å². The van der Waals surface area contributed by atoms with E-state index in [-0.39, 0.29) is 18.5 Å². The molecule has 2 heterocycles. The van der Waals surface area contributed by atoms with Crippen molar-refractivity contribution in [1.29, 1.82) is 0 Å². The molecule has 1 aromatic carbocycles. The lowest BCUT2D eigenvalue weighted by Gasteiger charge is -2.34. The van der Waals surface area contributed by atoms with Crippen molar-refractivity contribution in [2.75, 3.05) is 0 Å². The van der Waals surface area contributed by atoms with Crippen molar-refractivity contribution in [3.8, 4) is 0 Å². The summed E-state index contributed by atoms with van der Waals surface area (Å²) in [6, 6.07) is 9.56. The van der Waals surface area contributed by atoms with Crippen molar-refractivity contribution in [3.63, 3.8) is 0 Å². The van der Waals surface area contributed by atoms with Crippen LogP contribution < -0.4 is 0 Å². The fraction of sp³-hybridized carbons (Fsp3) is 0.440. The van der Waals surface area contributed by atoms with Gasteiger partial charge in [-0.25, -0.2) is 0 Å². The molecule has 7 heteroatoms. The Morgan fingerprint density at radius 1 is 1.25 bits per heavy atom. The average molecular weight is 443 g/mol. The molecule has 7 nitrogen and oxygen atoms in total. The summed E-state index contributed by atoms with van der Waals surface area (Å²) in [5.74, 6) is -0.966. The number of hydrogen-bond acceptors (Lipinski definition) is 7. The van der Waals surface area contributed by atoms with Crippen LogP contribution in [0.1, 0.15) is 25.3 Å². The van der Waals surface area contributed by atoms with Crippen LogP contribution in [-0.2, 0) is 35.1 Å². The molecule has 1 saturated heterocycles. The topological polar surface area (TPSA) is 91.3 Å². The van der Waals surface area contributed by atoms with E-state index in [1.807, 2.05) is 30.3 Å². The molecule has 2 unspecified atom stereocenters. The Hall–Kier alpha value is -2.32. The quantitative estimate of drug-likeness (QED) is 0.440. The van der Waals surface area contributed by atoms with E-state index in [0.29, 0.717) is 12.8 Å². The van der Waals surface area contributed by atoms with Crippen LogP contribution in [0.5, 0.6) is 0 Å². The Balaban J connectivity index is 1.80. The zero-order valence-electron chi connectivity index (χ0n) is 18.2. The molecular weight excluding hydrogens is 412 g/mol. The number of ether oxygens (including phenoxy) is 4. The van der Waals surface area contributed by atoms with Gasteiger partial charge in [-0.2, -0.15) is 0 Å². The molecule has 2 radical (unpaired) electrons. The van der Waals surface area contributed by atoms with E-state index in [4.69, 9.17) is 18.9 Å². The van der Waals surface area contributed by atoms with Gasteiger partial charge in [-0.05, 0) is 37.8 Å². The molecule has 0 aromatic heterocycles. The largest absolute Gasteiger partial charge is 0.456 e. The lowest BCUT2D eigenvalue weighted by atomic mass is 9.95. The summed E-state index contributed by atoms with van der Waals surface area (Å²) in [6.07, 6.45) is 1.30. The number of aliphatic hydroxyl groups excluding tert-OH is 1. The Kier molecular flexibility index (Phi) is 8.75. The molecule has 1 fully saturated rings. The SMILES string of the molecule is [CH2][CH]C[C@H]1O[C@H]([C@@H](OC(C)=O)[C@H]2OC(CC=C)C=CC2=O)C(O)[C@@H]1OCc1ccccc1. The minimum absolute atomic E-state index is 0.271. The maximum atomic E-state index is 12.6. The molecule has 172 valence electrons. The van der Waals surface area contributed by atoms with Crippen LogP contribution in [0.3, 0.4) is 0 Å². The Morgan fingerprint density at radius 2 is 2.00 bits per heavy atom. The van der Waals surface area contributed by atoms with Crippen molar-refractivity contribution in [2.45, 2.75) is 69.1 Å². The van der Waals surface area contributed by atoms with Gasteiger partial charge in [0.15, 0.2) is 18.0 Å². The van der Waals surface area contributed by atoms with Crippen LogP contribution in [0.25, 0.3) is 0 Å². The smallest absolute Gasteiger partial charge is 0.303 e. The van der Waals surface area contributed by atoms with Gasteiger partial charge in [-0.1, -0.05) is 42.5 Å². The van der Waals surface area contributed by atoms with Crippen LogP contribution >= 0.6 is 0 Å². The van der Waals surface area contributed by atoms with Crippen molar-refractivity contribution < 1.29 is 33.6 Å². The fourth-order valence-electron chi connectivity index (χ4n) is 3.99. The first-order chi connectivity index (χ1) is 15.4. The number of benzene rings is 1. The standard InChI is InChI=1S/C25H30O7/c1-4-9-18-13-14-19(27)22(31-18)25(30-16(3)26)24-21(28)23(20(32-24)10-5-2)29-15-17-11-7-6-8-12-17/h4-8,11-14,18,20-25,28H,1-2,9-10,15H2,3H3/t18?,20-,21?,22+,23-,24+,25+/m1/s1. The summed E-state index contributed by atoms with van der Waals surface area (Å²) < 4.78 is 23.4. The summed E-state index contributed by atoms with van der Waals surface area (Å²) >= 11 is 0. The van der Waals surface area contributed by atoms with Gasteiger partial charge in [0.1, 0.15) is 18.3 Å². The molecule has 0 amide bonds. The van der Waals surface area contributed by atoms with Crippen LogP contribution in [0, 0.1) is 13.3 Å². The number of carbonyl (C=O) groups excluding carboxylic acids is 2. The third kappa shape index (κ3) is 5.92. The maximum absolute atomic E-state index is 12.6. The second kappa shape index (κ2) is 11.5.